The van der Waals surface area contributed by atoms with E-state index in [0.29, 0.717) is 0 Å². The lowest BCUT2D eigenvalue weighted by molar-refractivity contribution is 0.413. The van der Waals surface area contributed by atoms with Crippen molar-refractivity contribution in [1.29, 1.82) is 0 Å². The molecule has 0 heterocycles. The minimum Gasteiger partial charge on any atom is -0.496 e. The predicted molar refractivity (Wildman–Crippen MR) is 81.7 cm³/mol. The summed E-state index contributed by atoms with van der Waals surface area (Å²) in [6, 6.07) is 8.49. The van der Waals surface area contributed by atoms with Crippen LogP contribution in [0.5, 0.6) is 5.75 Å². The van der Waals surface area contributed by atoms with Crippen LogP contribution in [-0.2, 0) is 0 Å². The Labute approximate surface area is 112 Å². The molecule has 2 rings (SSSR count). The van der Waals surface area contributed by atoms with Gasteiger partial charge in [0.15, 0.2) is 0 Å². The zero-order valence-corrected chi connectivity index (χ0v) is 13.0. The van der Waals surface area contributed by atoms with Gasteiger partial charge in [0, 0.05) is 5.56 Å². The summed E-state index contributed by atoms with van der Waals surface area (Å²) in [4.78, 5) is 0. The molecule has 98 valence electrons. The predicted octanol–water partition coefficient (Wildman–Crippen LogP) is 4.90. The number of para-hydroxylation sites is 1. The largest absolute Gasteiger partial charge is 0.496 e. The molecule has 0 saturated carbocycles. The highest BCUT2D eigenvalue weighted by molar-refractivity contribution is 6.84. The van der Waals surface area contributed by atoms with Crippen LogP contribution in [0.15, 0.2) is 29.5 Å². The Hall–Kier alpha value is -1.02. The second-order valence-corrected chi connectivity index (χ2v) is 11.2. The van der Waals surface area contributed by atoms with Gasteiger partial charge in [0.1, 0.15) is 5.75 Å². The van der Waals surface area contributed by atoms with E-state index < -0.39 is 8.07 Å². The third-order valence-electron chi connectivity index (χ3n) is 3.81. The quantitative estimate of drug-likeness (QED) is 0.702. The van der Waals surface area contributed by atoms with Gasteiger partial charge in [-0.1, -0.05) is 43.0 Å². The average molecular weight is 260 g/mol. The van der Waals surface area contributed by atoms with Gasteiger partial charge < -0.3 is 4.74 Å². The van der Waals surface area contributed by atoms with E-state index in [4.69, 9.17) is 4.74 Å². The highest BCUT2D eigenvalue weighted by atomic mass is 28.3. The summed E-state index contributed by atoms with van der Waals surface area (Å²) >= 11 is 0. The summed E-state index contributed by atoms with van der Waals surface area (Å²) < 4.78 is 5.54. The van der Waals surface area contributed by atoms with Crippen LogP contribution in [0.2, 0.25) is 19.6 Å². The maximum absolute atomic E-state index is 5.54. The molecule has 0 aliphatic heterocycles. The first-order valence-corrected chi connectivity index (χ1v) is 10.4. The van der Waals surface area contributed by atoms with E-state index in [2.05, 4.69) is 43.9 Å². The van der Waals surface area contributed by atoms with Gasteiger partial charge in [-0.05, 0) is 37.3 Å². The molecule has 0 spiro atoms. The van der Waals surface area contributed by atoms with Crippen LogP contribution in [0.25, 0.3) is 5.57 Å². The fourth-order valence-electron chi connectivity index (χ4n) is 2.92. The number of hydrogen-bond acceptors (Lipinski definition) is 1. The standard InChI is InChI=1S/C16H24OSi/c1-17-15-11-7-5-9-13(15)14-10-6-8-12-16(14)18(2,3)4/h5,7,9,11H,6,8,10,12H2,1-4H3. The van der Waals surface area contributed by atoms with E-state index in [-0.39, 0.29) is 0 Å². The van der Waals surface area contributed by atoms with Crippen molar-refractivity contribution in [2.75, 3.05) is 7.11 Å². The molecule has 0 atom stereocenters. The molecule has 0 bridgehead atoms. The molecule has 0 N–H and O–H groups in total. The van der Waals surface area contributed by atoms with Gasteiger partial charge >= 0.3 is 0 Å². The van der Waals surface area contributed by atoms with Crippen LogP contribution >= 0.6 is 0 Å². The van der Waals surface area contributed by atoms with Gasteiger partial charge in [0.25, 0.3) is 0 Å². The third kappa shape index (κ3) is 2.69. The Bertz CT molecular complexity index is 454. The number of methoxy groups -OCH3 is 1. The van der Waals surface area contributed by atoms with Crippen molar-refractivity contribution < 1.29 is 4.74 Å². The summed E-state index contributed by atoms with van der Waals surface area (Å²) in [5.74, 6) is 1.03. The summed E-state index contributed by atoms with van der Waals surface area (Å²) in [5, 5.41) is 1.75. The highest BCUT2D eigenvalue weighted by Gasteiger charge is 2.26. The molecular weight excluding hydrogens is 236 g/mol. The lowest BCUT2D eigenvalue weighted by atomic mass is 9.93. The summed E-state index contributed by atoms with van der Waals surface area (Å²) in [6.45, 7) is 7.38. The number of hydrogen-bond donors (Lipinski definition) is 0. The smallest absolute Gasteiger partial charge is 0.126 e. The van der Waals surface area contributed by atoms with Crippen molar-refractivity contribution in [3.63, 3.8) is 0 Å². The number of ether oxygens (including phenoxy) is 1. The summed E-state index contributed by atoms with van der Waals surface area (Å²) in [7, 11) is 0.560. The molecule has 0 unspecified atom stereocenters. The Kier molecular flexibility index (Phi) is 3.96. The molecule has 0 aromatic heterocycles. The van der Waals surface area contributed by atoms with Crippen LogP contribution in [-0.4, -0.2) is 15.2 Å². The fraction of sp³-hybridized carbons (Fsp3) is 0.500. The maximum atomic E-state index is 5.54. The van der Waals surface area contributed by atoms with Crippen LogP contribution in [0.3, 0.4) is 0 Å². The van der Waals surface area contributed by atoms with E-state index >= 15 is 0 Å². The fourth-order valence-corrected chi connectivity index (χ4v) is 5.02. The topological polar surface area (TPSA) is 9.23 Å². The van der Waals surface area contributed by atoms with Crippen molar-refractivity contribution >= 4 is 13.6 Å². The van der Waals surface area contributed by atoms with Gasteiger partial charge in [-0.2, -0.15) is 0 Å². The zero-order valence-electron chi connectivity index (χ0n) is 12.0. The van der Waals surface area contributed by atoms with Crippen molar-refractivity contribution in [2.45, 2.75) is 45.3 Å². The Morgan fingerprint density at radius 3 is 2.33 bits per heavy atom. The van der Waals surface area contributed by atoms with E-state index in [0.717, 1.165) is 5.75 Å². The summed E-state index contributed by atoms with van der Waals surface area (Å²) in [5.41, 5.74) is 2.91. The SMILES string of the molecule is COc1ccccc1C1=C([Si](C)(C)C)CCCC1. The van der Waals surface area contributed by atoms with Crippen molar-refractivity contribution in [2.24, 2.45) is 0 Å². The maximum Gasteiger partial charge on any atom is 0.126 e. The third-order valence-corrected chi connectivity index (χ3v) is 6.17. The first-order chi connectivity index (χ1) is 8.54. The number of allylic oxidation sites excluding steroid dienone is 2. The molecule has 1 aromatic carbocycles. The van der Waals surface area contributed by atoms with Crippen molar-refractivity contribution in [3.05, 3.63) is 35.0 Å². The monoisotopic (exact) mass is 260 g/mol. The van der Waals surface area contributed by atoms with E-state index in [1.54, 1.807) is 17.9 Å². The molecule has 0 radical (unpaired) electrons. The normalized spacial score (nSPS) is 16.9. The molecule has 0 saturated heterocycles. The summed E-state index contributed by atoms with van der Waals surface area (Å²) in [6.07, 6.45) is 5.20. The lowest BCUT2D eigenvalue weighted by Gasteiger charge is -2.30. The van der Waals surface area contributed by atoms with Gasteiger partial charge in [0.2, 0.25) is 0 Å². The van der Waals surface area contributed by atoms with Crippen LogP contribution in [0.1, 0.15) is 31.2 Å². The Morgan fingerprint density at radius 2 is 1.67 bits per heavy atom. The number of rotatable bonds is 3. The van der Waals surface area contributed by atoms with E-state index in [1.807, 2.05) is 0 Å². The highest BCUT2D eigenvalue weighted by Crippen LogP contribution is 2.40. The second-order valence-electron chi connectivity index (χ2n) is 6.11. The van der Waals surface area contributed by atoms with Crippen molar-refractivity contribution in [1.82, 2.24) is 0 Å². The van der Waals surface area contributed by atoms with Crippen molar-refractivity contribution in [3.8, 4) is 5.75 Å². The molecule has 1 aliphatic rings. The van der Waals surface area contributed by atoms with Gasteiger partial charge in [0.05, 0.1) is 15.2 Å². The first-order valence-electron chi connectivity index (χ1n) is 6.90. The van der Waals surface area contributed by atoms with Crippen LogP contribution in [0.4, 0.5) is 0 Å². The Balaban J connectivity index is 2.54. The van der Waals surface area contributed by atoms with Crippen LogP contribution in [0, 0.1) is 0 Å². The molecule has 2 heteroatoms. The van der Waals surface area contributed by atoms with E-state index in [1.165, 1.54) is 31.2 Å². The average Bonchev–Trinajstić information content (AvgIpc) is 2.37. The lowest BCUT2D eigenvalue weighted by Crippen LogP contribution is -2.27. The minimum absolute atomic E-state index is 1.03. The molecule has 1 aliphatic carbocycles. The molecule has 1 nitrogen and oxygen atoms in total. The van der Waals surface area contributed by atoms with Gasteiger partial charge in [-0.3, -0.25) is 0 Å². The molecular formula is C16H24OSi. The number of benzene rings is 1. The second kappa shape index (κ2) is 5.31. The Morgan fingerprint density at radius 1 is 1.00 bits per heavy atom. The van der Waals surface area contributed by atoms with Gasteiger partial charge in [-0.25, -0.2) is 0 Å². The molecule has 18 heavy (non-hydrogen) atoms. The minimum atomic E-state index is -1.21. The van der Waals surface area contributed by atoms with Crippen LogP contribution < -0.4 is 4.74 Å². The van der Waals surface area contributed by atoms with Gasteiger partial charge in [-0.15, -0.1) is 0 Å². The molecule has 0 fully saturated rings. The first kappa shape index (κ1) is 13.4. The molecule has 1 aromatic rings. The zero-order chi connectivity index (χ0) is 13.2. The van der Waals surface area contributed by atoms with E-state index in [9.17, 15) is 0 Å². The molecule has 0 amide bonds.